The zero-order chi connectivity index (χ0) is 22.5. The molecular formula is C24H25N5O3. The molecule has 2 aliphatic rings. The maximum absolute atomic E-state index is 12.6. The molecule has 0 saturated carbocycles. The molecular weight excluding hydrogens is 406 g/mol. The van der Waals surface area contributed by atoms with Gasteiger partial charge in [-0.15, -0.1) is 0 Å². The second-order valence-electron chi connectivity index (χ2n) is 9.22. The number of nitrogens with one attached hydrogen (secondary N) is 4. The van der Waals surface area contributed by atoms with Crippen molar-refractivity contribution in [3.05, 3.63) is 75.2 Å². The SMILES string of the molecule is CC1(C)CCC2CC(NC(=O)NNC(=O)c3n[nH]c(=O)c4ccccc34)c3cccc1c32. The second-order valence-corrected chi connectivity index (χ2v) is 9.22. The number of rotatable bonds is 2. The van der Waals surface area contributed by atoms with Crippen molar-refractivity contribution < 1.29 is 9.59 Å². The minimum Gasteiger partial charge on any atom is -0.330 e. The predicted molar refractivity (Wildman–Crippen MR) is 120 cm³/mol. The topological polar surface area (TPSA) is 116 Å². The summed E-state index contributed by atoms with van der Waals surface area (Å²) < 4.78 is 0. The number of hydrazine groups is 1. The molecule has 8 nitrogen and oxygen atoms in total. The maximum atomic E-state index is 12.6. The molecule has 0 bridgehead atoms. The molecule has 0 aliphatic heterocycles. The van der Waals surface area contributed by atoms with Gasteiger partial charge in [0.25, 0.3) is 11.5 Å². The van der Waals surface area contributed by atoms with Gasteiger partial charge in [-0.25, -0.2) is 15.3 Å². The highest BCUT2D eigenvalue weighted by molar-refractivity contribution is 6.05. The van der Waals surface area contributed by atoms with Crippen molar-refractivity contribution in [2.45, 2.75) is 50.5 Å². The van der Waals surface area contributed by atoms with E-state index in [9.17, 15) is 14.4 Å². The van der Waals surface area contributed by atoms with Crippen LogP contribution in [0.15, 0.2) is 47.3 Å². The molecule has 0 spiro atoms. The Labute approximate surface area is 184 Å². The van der Waals surface area contributed by atoms with Crippen molar-refractivity contribution in [1.29, 1.82) is 0 Å². The lowest BCUT2D eigenvalue weighted by Gasteiger charge is -2.35. The predicted octanol–water partition coefficient (Wildman–Crippen LogP) is 3.17. The number of H-pyrrole nitrogens is 1. The number of fused-ring (bicyclic) bond motifs is 1. The van der Waals surface area contributed by atoms with E-state index in [0.717, 1.165) is 24.8 Å². The quantitative estimate of drug-likeness (QED) is 0.466. The van der Waals surface area contributed by atoms with E-state index in [-0.39, 0.29) is 22.7 Å². The first-order valence-corrected chi connectivity index (χ1v) is 10.8. The van der Waals surface area contributed by atoms with Crippen molar-refractivity contribution in [1.82, 2.24) is 26.4 Å². The fourth-order valence-electron chi connectivity index (χ4n) is 5.19. The summed E-state index contributed by atoms with van der Waals surface area (Å²) >= 11 is 0. The molecule has 3 aromatic rings. The molecule has 32 heavy (non-hydrogen) atoms. The number of amides is 3. The largest absolute Gasteiger partial charge is 0.333 e. The van der Waals surface area contributed by atoms with Gasteiger partial charge in [-0.05, 0) is 53.4 Å². The van der Waals surface area contributed by atoms with E-state index in [1.807, 2.05) is 0 Å². The fourth-order valence-corrected chi connectivity index (χ4v) is 5.19. The lowest BCUT2D eigenvalue weighted by atomic mass is 9.69. The highest BCUT2D eigenvalue weighted by atomic mass is 16.2. The van der Waals surface area contributed by atoms with Crippen LogP contribution in [0.25, 0.3) is 10.8 Å². The highest BCUT2D eigenvalue weighted by Crippen LogP contribution is 2.52. The monoisotopic (exact) mass is 431 g/mol. The second kappa shape index (κ2) is 7.47. The van der Waals surface area contributed by atoms with Crippen LogP contribution in [0.5, 0.6) is 0 Å². The Morgan fingerprint density at radius 3 is 2.66 bits per heavy atom. The van der Waals surface area contributed by atoms with Gasteiger partial charge in [0.1, 0.15) is 0 Å². The zero-order valence-electron chi connectivity index (χ0n) is 18.0. The molecule has 0 radical (unpaired) electrons. The third kappa shape index (κ3) is 3.32. The molecule has 2 unspecified atom stereocenters. The number of nitrogens with zero attached hydrogens (tertiary/aromatic N) is 1. The van der Waals surface area contributed by atoms with Gasteiger partial charge in [0, 0.05) is 5.39 Å². The number of carbonyl (C=O) groups excluding carboxylic acids is 2. The normalized spacial score (nSPS) is 20.4. The molecule has 1 heterocycles. The van der Waals surface area contributed by atoms with E-state index in [2.05, 4.69) is 58.4 Å². The van der Waals surface area contributed by atoms with E-state index in [1.54, 1.807) is 24.3 Å². The van der Waals surface area contributed by atoms with Gasteiger partial charge in [0.05, 0.1) is 11.4 Å². The van der Waals surface area contributed by atoms with Gasteiger partial charge in [-0.2, -0.15) is 5.10 Å². The van der Waals surface area contributed by atoms with E-state index in [0.29, 0.717) is 16.7 Å². The van der Waals surface area contributed by atoms with Crippen LogP contribution in [0, 0.1) is 0 Å². The lowest BCUT2D eigenvalue weighted by molar-refractivity contribution is 0.0931. The summed E-state index contributed by atoms with van der Waals surface area (Å²) in [6, 6.07) is 12.4. The number of carbonyl (C=O) groups is 2. The standard InChI is InChI=1S/C24H25N5O3/c1-24(2)11-10-13-12-18(16-8-5-9-17(24)19(13)16)25-23(32)29-28-22(31)20-14-6-3-4-7-15(14)21(30)27-26-20/h3-9,13,18H,10-12H2,1-2H3,(H,27,30)(H,28,31)(H2,25,29,32). The molecule has 5 rings (SSSR count). The Morgan fingerprint density at radius 1 is 1.06 bits per heavy atom. The summed E-state index contributed by atoms with van der Waals surface area (Å²) in [6.07, 6.45) is 3.09. The zero-order valence-corrected chi connectivity index (χ0v) is 18.0. The Hall–Kier alpha value is -3.68. The fraction of sp³-hybridized carbons (Fsp3) is 0.333. The molecule has 2 atom stereocenters. The number of hydrogen-bond acceptors (Lipinski definition) is 4. The average Bonchev–Trinajstić information content (AvgIpc) is 3.14. The van der Waals surface area contributed by atoms with Crippen molar-refractivity contribution >= 4 is 22.7 Å². The van der Waals surface area contributed by atoms with Crippen molar-refractivity contribution in [3.63, 3.8) is 0 Å². The van der Waals surface area contributed by atoms with Crippen LogP contribution >= 0.6 is 0 Å². The van der Waals surface area contributed by atoms with Gasteiger partial charge in [-0.3, -0.25) is 15.0 Å². The van der Waals surface area contributed by atoms with Crippen molar-refractivity contribution in [2.75, 3.05) is 0 Å². The number of hydrogen-bond donors (Lipinski definition) is 4. The first kappa shape index (κ1) is 20.2. The smallest absolute Gasteiger partial charge is 0.330 e. The van der Waals surface area contributed by atoms with Crippen LogP contribution in [0.1, 0.15) is 72.2 Å². The van der Waals surface area contributed by atoms with Crippen LogP contribution in [0.4, 0.5) is 4.79 Å². The Bertz CT molecular complexity index is 1300. The molecule has 3 amide bonds. The van der Waals surface area contributed by atoms with Crippen molar-refractivity contribution in [2.24, 2.45) is 0 Å². The molecule has 8 heteroatoms. The third-order valence-electron chi connectivity index (χ3n) is 6.80. The van der Waals surface area contributed by atoms with Gasteiger partial charge in [0.15, 0.2) is 5.69 Å². The van der Waals surface area contributed by atoms with E-state index in [4.69, 9.17) is 0 Å². The number of aromatic amines is 1. The lowest BCUT2D eigenvalue weighted by Crippen LogP contribution is -2.48. The molecule has 2 aromatic carbocycles. The Balaban J connectivity index is 1.29. The van der Waals surface area contributed by atoms with E-state index in [1.165, 1.54) is 11.1 Å². The average molecular weight is 431 g/mol. The highest BCUT2D eigenvalue weighted by Gasteiger charge is 2.40. The maximum Gasteiger partial charge on any atom is 0.333 e. The van der Waals surface area contributed by atoms with Gasteiger partial charge in [-0.1, -0.05) is 50.2 Å². The molecule has 0 saturated heterocycles. The molecule has 164 valence electrons. The number of benzene rings is 2. The summed E-state index contributed by atoms with van der Waals surface area (Å²) in [4.78, 5) is 37.1. The van der Waals surface area contributed by atoms with Crippen LogP contribution in [-0.2, 0) is 5.41 Å². The minimum absolute atomic E-state index is 0.0320. The molecule has 4 N–H and O–H groups in total. The summed E-state index contributed by atoms with van der Waals surface area (Å²) in [5.41, 5.74) is 8.51. The first-order chi connectivity index (χ1) is 15.3. The summed E-state index contributed by atoms with van der Waals surface area (Å²) in [5.74, 6) is -0.162. The van der Waals surface area contributed by atoms with Crippen molar-refractivity contribution in [3.8, 4) is 0 Å². The minimum atomic E-state index is -0.612. The van der Waals surface area contributed by atoms with Crippen LogP contribution < -0.4 is 21.7 Å². The number of aromatic nitrogens is 2. The Morgan fingerprint density at radius 2 is 1.84 bits per heavy atom. The van der Waals surface area contributed by atoms with Gasteiger partial charge in [0.2, 0.25) is 0 Å². The third-order valence-corrected chi connectivity index (χ3v) is 6.80. The molecule has 0 fully saturated rings. The van der Waals surface area contributed by atoms with Crippen LogP contribution in [-0.4, -0.2) is 22.1 Å². The van der Waals surface area contributed by atoms with E-state index < -0.39 is 11.9 Å². The summed E-state index contributed by atoms with van der Waals surface area (Å²) in [6.45, 7) is 4.55. The molecule has 1 aromatic heterocycles. The first-order valence-electron chi connectivity index (χ1n) is 10.8. The van der Waals surface area contributed by atoms with Crippen LogP contribution in [0.2, 0.25) is 0 Å². The van der Waals surface area contributed by atoms with Gasteiger partial charge < -0.3 is 5.32 Å². The molecule has 2 aliphatic carbocycles. The Kier molecular flexibility index (Phi) is 4.73. The van der Waals surface area contributed by atoms with Crippen LogP contribution in [0.3, 0.4) is 0 Å². The van der Waals surface area contributed by atoms with E-state index >= 15 is 0 Å². The summed E-state index contributed by atoms with van der Waals surface area (Å²) in [5, 5.41) is 9.93. The number of urea groups is 1. The van der Waals surface area contributed by atoms with Gasteiger partial charge >= 0.3 is 6.03 Å². The summed E-state index contributed by atoms with van der Waals surface area (Å²) in [7, 11) is 0.